The summed E-state index contributed by atoms with van der Waals surface area (Å²) < 4.78 is 26.9. The van der Waals surface area contributed by atoms with Gasteiger partial charge in [0.05, 0.1) is 11.9 Å². The second kappa shape index (κ2) is 4.63. The zero-order valence-corrected chi connectivity index (χ0v) is 12.4. The highest BCUT2D eigenvalue weighted by Crippen LogP contribution is 2.34. The first kappa shape index (κ1) is 13.2. The third-order valence-electron chi connectivity index (χ3n) is 3.71. The first-order chi connectivity index (χ1) is 9.50. The Kier molecular flexibility index (Phi) is 3.05. The number of H-pyrrole nitrogens is 1. The van der Waals surface area contributed by atoms with Crippen LogP contribution >= 0.6 is 0 Å². The summed E-state index contributed by atoms with van der Waals surface area (Å²) in [6, 6.07) is 4.06. The van der Waals surface area contributed by atoms with E-state index in [1.165, 1.54) is 16.7 Å². The van der Waals surface area contributed by atoms with Crippen molar-refractivity contribution < 1.29 is 8.42 Å². The Bertz CT molecular complexity index is 736. The van der Waals surface area contributed by atoms with Gasteiger partial charge in [0.25, 0.3) is 10.0 Å². The van der Waals surface area contributed by atoms with Gasteiger partial charge in [-0.2, -0.15) is 5.10 Å². The van der Waals surface area contributed by atoms with E-state index in [4.69, 9.17) is 0 Å². The zero-order chi connectivity index (χ0) is 14.3. The molecule has 1 aromatic carbocycles. The fraction of sp³-hybridized carbons (Fsp3) is 0.357. The standard InChI is InChI=1S/C14H17N3O2S/c1-10-6-11(2)13-4-3-5-17(14(13)7-10)20(18,19)12-8-15-16-9-12/h6-9H,3-5H2,1-2H3,(H,15,16). The number of anilines is 1. The first-order valence-electron chi connectivity index (χ1n) is 6.62. The molecule has 3 rings (SSSR count). The van der Waals surface area contributed by atoms with Crippen molar-refractivity contribution in [3.63, 3.8) is 0 Å². The second-order valence-electron chi connectivity index (χ2n) is 5.19. The molecule has 0 spiro atoms. The number of nitrogens with zero attached hydrogens (tertiary/aromatic N) is 2. The summed E-state index contributed by atoms with van der Waals surface area (Å²) in [6.45, 7) is 4.55. The number of aromatic nitrogens is 2. The van der Waals surface area contributed by atoms with Gasteiger partial charge >= 0.3 is 0 Å². The van der Waals surface area contributed by atoms with Gasteiger partial charge in [-0.05, 0) is 49.4 Å². The Morgan fingerprint density at radius 2 is 2.10 bits per heavy atom. The Labute approximate surface area is 118 Å². The van der Waals surface area contributed by atoms with Crippen LogP contribution in [-0.4, -0.2) is 25.2 Å². The number of fused-ring (bicyclic) bond motifs is 1. The first-order valence-corrected chi connectivity index (χ1v) is 8.06. The average Bonchev–Trinajstić information content (AvgIpc) is 2.92. The minimum absolute atomic E-state index is 0.213. The number of rotatable bonds is 2. The third-order valence-corrected chi connectivity index (χ3v) is 5.49. The highest BCUT2D eigenvalue weighted by molar-refractivity contribution is 7.92. The molecule has 0 saturated carbocycles. The van der Waals surface area contributed by atoms with Crippen molar-refractivity contribution in [2.45, 2.75) is 31.6 Å². The van der Waals surface area contributed by atoms with Gasteiger partial charge in [0.1, 0.15) is 4.90 Å². The van der Waals surface area contributed by atoms with Gasteiger partial charge in [-0.15, -0.1) is 0 Å². The molecule has 2 heterocycles. The van der Waals surface area contributed by atoms with Crippen LogP contribution in [0.25, 0.3) is 0 Å². The molecular formula is C14H17N3O2S. The largest absolute Gasteiger partial charge is 0.284 e. The predicted molar refractivity (Wildman–Crippen MR) is 77.4 cm³/mol. The number of nitrogens with one attached hydrogen (secondary N) is 1. The lowest BCUT2D eigenvalue weighted by atomic mass is 9.96. The van der Waals surface area contributed by atoms with Crippen LogP contribution in [0.2, 0.25) is 0 Å². The van der Waals surface area contributed by atoms with E-state index in [1.807, 2.05) is 19.9 Å². The van der Waals surface area contributed by atoms with E-state index in [2.05, 4.69) is 16.3 Å². The quantitative estimate of drug-likeness (QED) is 0.922. The van der Waals surface area contributed by atoms with E-state index in [9.17, 15) is 8.42 Å². The van der Waals surface area contributed by atoms with Gasteiger partial charge in [-0.25, -0.2) is 8.42 Å². The number of hydrogen-bond acceptors (Lipinski definition) is 3. The summed E-state index contributed by atoms with van der Waals surface area (Å²) in [5.74, 6) is 0. The van der Waals surface area contributed by atoms with Gasteiger partial charge < -0.3 is 0 Å². The maximum atomic E-state index is 12.7. The Morgan fingerprint density at radius 1 is 1.30 bits per heavy atom. The summed E-state index contributed by atoms with van der Waals surface area (Å²) in [4.78, 5) is 0.213. The molecule has 5 nitrogen and oxygen atoms in total. The SMILES string of the molecule is Cc1cc(C)c2c(c1)N(S(=O)(=O)c1cn[nH]c1)CCC2. The van der Waals surface area contributed by atoms with Crippen molar-refractivity contribution in [1.82, 2.24) is 10.2 Å². The highest BCUT2D eigenvalue weighted by Gasteiger charge is 2.30. The van der Waals surface area contributed by atoms with Crippen LogP contribution < -0.4 is 4.31 Å². The van der Waals surface area contributed by atoms with E-state index in [0.717, 1.165) is 35.2 Å². The maximum absolute atomic E-state index is 12.7. The van der Waals surface area contributed by atoms with E-state index in [-0.39, 0.29) is 4.90 Å². The molecule has 0 unspecified atom stereocenters. The maximum Gasteiger partial charge on any atom is 0.267 e. The summed E-state index contributed by atoms with van der Waals surface area (Å²) in [7, 11) is -3.53. The minimum atomic E-state index is -3.53. The molecule has 0 saturated heterocycles. The number of hydrogen-bond donors (Lipinski definition) is 1. The average molecular weight is 291 g/mol. The normalized spacial score (nSPS) is 15.2. The molecule has 0 bridgehead atoms. The Hall–Kier alpha value is -1.82. The van der Waals surface area contributed by atoms with Crippen LogP contribution in [0.15, 0.2) is 29.4 Å². The van der Waals surface area contributed by atoms with Crippen LogP contribution in [0.5, 0.6) is 0 Å². The predicted octanol–water partition coefficient (Wildman–Crippen LogP) is 2.17. The number of benzene rings is 1. The van der Waals surface area contributed by atoms with Crippen LogP contribution in [0.3, 0.4) is 0 Å². The van der Waals surface area contributed by atoms with Gasteiger partial charge in [0.15, 0.2) is 0 Å². The van der Waals surface area contributed by atoms with E-state index < -0.39 is 10.0 Å². The number of aryl methyl sites for hydroxylation is 2. The van der Waals surface area contributed by atoms with Gasteiger partial charge in [-0.1, -0.05) is 6.07 Å². The molecule has 0 radical (unpaired) electrons. The van der Waals surface area contributed by atoms with Crippen LogP contribution in [-0.2, 0) is 16.4 Å². The Morgan fingerprint density at radius 3 is 2.80 bits per heavy atom. The molecule has 6 heteroatoms. The van der Waals surface area contributed by atoms with E-state index >= 15 is 0 Å². The summed E-state index contributed by atoms with van der Waals surface area (Å²) in [5.41, 5.74) is 4.19. The van der Waals surface area contributed by atoms with Crippen molar-refractivity contribution in [1.29, 1.82) is 0 Å². The Balaban J connectivity index is 2.16. The van der Waals surface area contributed by atoms with Crippen molar-refractivity contribution >= 4 is 15.7 Å². The van der Waals surface area contributed by atoms with Gasteiger partial charge in [0, 0.05) is 12.7 Å². The molecule has 2 aromatic rings. The van der Waals surface area contributed by atoms with Crippen molar-refractivity contribution in [3.8, 4) is 0 Å². The van der Waals surface area contributed by atoms with Gasteiger partial charge in [-0.3, -0.25) is 9.40 Å². The molecule has 0 fully saturated rings. The third kappa shape index (κ3) is 2.00. The smallest absolute Gasteiger partial charge is 0.267 e. The molecule has 0 amide bonds. The molecule has 0 aliphatic carbocycles. The van der Waals surface area contributed by atoms with Gasteiger partial charge in [0.2, 0.25) is 0 Å². The van der Waals surface area contributed by atoms with E-state index in [0.29, 0.717) is 6.54 Å². The molecule has 1 N–H and O–H groups in total. The van der Waals surface area contributed by atoms with Crippen LogP contribution in [0, 0.1) is 13.8 Å². The molecule has 106 valence electrons. The summed E-state index contributed by atoms with van der Waals surface area (Å²) in [5, 5.41) is 6.31. The van der Waals surface area contributed by atoms with Crippen molar-refractivity contribution in [2.24, 2.45) is 0 Å². The minimum Gasteiger partial charge on any atom is -0.284 e. The lowest BCUT2D eigenvalue weighted by Gasteiger charge is -2.31. The molecule has 0 atom stereocenters. The molecular weight excluding hydrogens is 274 g/mol. The fourth-order valence-corrected chi connectivity index (χ4v) is 4.23. The van der Waals surface area contributed by atoms with Crippen molar-refractivity contribution in [2.75, 3.05) is 10.8 Å². The second-order valence-corrected chi connectivity index (χ2v) is 7.06. The number of sulfonamides is 1. The summed E-state index contributed by atoms with van der Waals surface area (Å²) >= 11 is 0. The molecule has 20 heavy (non-hydrogen) atoms. The lowest BCUT2D eigenvalue weighted by molar-refractivity contribution is 0.586. The van der Waals surface area contributed by atoms with Crippen molar-refractivity contribution in [3.05, 3.63) is 41.2 Å². The fourth-order valence-electron chi connectivity index (χ4n) is 2.80. The van der Waals surface area contributed by atoms with Crippen LogP contribution in [0.1, 0.15) is 23.1 Å². The monoisotopic (exact) mass is 291 g/mol. The lowest BCUT2D eigenvalue weighted by Crippen LogP contribution is -2.35. The summed E-state index contributed by atoms with van der Waals surface area (Å²) in [6.07, 6.45) is 4.55. The van der Waals surface area contributed by atoms with E-state index in [1.54, 1.807) is 0 Å². The topological polar surface area (TPSA) is 66.1 Å². The zero-order valence-electron chi connectivity index (χ0n) is 11.5. The molecule has 1 aliphatic heterocycles. The van der Waals surface area contributed by atoms with Crippen LogP contribution in [0.4, 0.5) is 5.69 Å². The number of aromatic amines is 1. The highest BCUT2D eigenvalue weighted by atomic mass is 32.2. The molecule has 1 aliphatic rings. The molecule has 1 aromatic heterocycles.